The molecule has 94 valence electrons. The first kappa shape index (κ1) is 12.9. The van der Waals surface area contributed by atoms with Crippen LogP contribution >= 0.6 is 11.8 Å². The number of thioether (sulfide) groups is 1. The third-order valence-corrected chi connectivity index (χ3v) is 4.48. The average molecular weight is 253 g/mol. The van der Waals surface area contributed by atoms with Gasteiger partial charge in [0.1, 0.15) is 5.82 Å². The molecular formula is C14H20FNS. The van der Waals surface area contributed by atoms with Gasteiger partial charge in [-0.3, -0.25) is 0 Å². The molecule has 3 heteroatoms. The Hall–Kier alpha value is -0.540. The van der Waals surface area contributed by atoms with E-state index in [1.807, 2.05) is 23.9 Å². The smallest absolute Gasteiger partial charge is 0.127 e. The molecule has 1 fully saturated rings. The lowest BCUT2D eigenvalue weighted by Crippen LogP contribution is -2.29. The molecule has 1 nitrogen and oxygen atoms in total. The molecule has 2 unspecified atom stereocenters. The fourth-order valence-corrected chi connectivity index (χ4v) is 3.67. The molecule has 17 heavy (non-hydrogen) atoms. The Morgan fingerprint density at radius 3 is 2.94 bits per heavy atom. The van der Waals surface area contributed by atoms with Crippen LogP contribution in [0.1, 0.15) is 31.4 Å². The molecule has 0 aromatic heterocycles. The van der Waals surface area contributed by atoms with E-state index in [0.29, 0.717) is 5.92 Å². The van der Waals surface area contributed by atoms with Gasteiger partial charge in [0.25, 0.3) is 0 Å². The summed E-state index contributed by atoms with van der Waals surface area (Å²) in [6.07, 6.45) is 2.28. The van der Waals surface area contributed by atoms with Crippen LogP contribution in [0, 0.1) is 11.7 Å². The molecule has 0 amide bonds. The fraction of sp³-hybridized carbons (Fsp3) is 0.571. The van der Waals surface area contributed by atoms with Crippen LogP contribution in [0.5, 0.6) is 0 Å². The van der Waals surface area contributed by atoms with Crippen LogP contribution in [0.15, 0.2) is 24.3 Å². The second-order valence-electron chi connectivity index (χ2n) is 4.58. The van der Waals surface area contributed by atoms with Crippen molar-refractivity contribution in [2.75, 3.05) is 18.1 Å². The topological polar surface area (TPSA) is 12.0 Å². The minimum absolute atomic E-state index is 0.0713. The predicted octanol–water partition coefficient (Wildman–Crippen LogP) is 3.62. The van der Waals surface area contributed by atoms with Crippen molar-refractivity contribution in [1.29, 1.82) is 0 Å². The maximum Gasteiger partial charge on any atom is 0.127 e. The van der Waals surface area contributed by atoms with Gasteiger partial charge in [-0.05, 0) is 42.9 Å². The van der Waals surface area contributed by atoms with E-state index in [0.717, 1.165) is 24.3 Å². The number of halogens is 1. The molecule has 2 rings (SSSR count). The predicted molar refractivity (Wildman–Crippen MR) is 72.9 cm³/mol. The lowest BCUT2D eigenvalue weighted by Gasteiger charge is -2.25. The maximum absolute atomic E-state index is 13.9. The second-order valence-corrected chi connectivity index (χ2v) is 5.73. The quantitative estimate of drug-likeness (QED) is 0.860. The zero-order valence-corrected chi connectivity index (χ0v) is 11.1. The summed E-state index contributed by atoms with van der Waals surface area (Å²) >= 11 is 1.98. The zero-order valence-electron chi connectivity index (χ0n) is 10.3. The van der Waals surface area contributed by atoms with E-state index in [1.54, 1.807) is 12.1 Å². The highest BCUT2D eigenvalue weighted by atomic mass is 32.2. The van der Waals surface area contributed by atoms with Gasteiger partial charge >= 0.3 is 0 Å². The summed E-state index contributed by atoms with van der Waals surface area (Å²) in [7, 11) is 0. The third kappa shape index (κ3) is 3.23. The van der Waals surface area contributed by atoms with Gasteiger partial charge < -0.3 is 5.32 Å². The molecule has 1 aromatic rings. The van der Waals surface area contributed by atoms with E-state index in [-0.39, 0.29) is 11.9 Å². The van der Waals surface area contributed by atoms with Crippen molar-refractivity contribution in [1.82, 2.24) is 5.32 Å². The lowest BCUT2D eigenvalue weighted by atomic mass is 9.92. The Morgan fingerprint density at radius 2 is 2.29 bits per heavy atom. The van der Waals surface area contributed by atoms with Crippen LogP contribution in [-0.2, 0) is 0 Å². The van der Waals surface area contributed by atoms with Gasteiger partial charge in [-0.2, -0.15) is 11.8 Å². The summed E-state index contributed by atoms with van der Waals surface area (Å²) in [5.74, 6) is 2.86. The first-order chi connectivity index (χ1) is 8.33. The molecule has 0 spiro atoms. The van der Waals surface area contributed by atoms with Gasteiger partial charge in [0.05, 0.1) is 0 Å². The highest BCUT2D eigenvalue weighted by Gasteiger charge is 2.27. The fourth-order valence-electron chi connectivity index (χ4n) is 2.37. The molecule has 0 aliphatic carbocycles. The Morgan fingerprint density at radius 1 is 1.47 bits per heavy atom. The largest absolute Gasteiger partial charge is 0.310 e. The van der Waals surface area contributed by atoms with Crippen LogP contribution in [0.2, 0.25) is 0 Å². The monoisotopic (exact) mass is 253 g/mol. The Bertz CT molecular complexity index is 350. The van der Waals surface area contributed by atoms with Crippen LogP contribution in [0.3, 0.4) is 0 Å². The molecule has 1 aliphatic heterocycles. The van der Waals surface area contributed by atoms with Gasteiger partial charge in [-0.1, -0.05) is 25.1 Å². The van der Waals surface area contributed by atoms with E-state index < -0.39 is 0 Å². The van der Waals surface area contributed by atoms with Crippen molar-refractivity contribution in [2.45, 2.75) is 25.8 Å². The summed E-state index contributed by atoms with van der Waals surface area (Å²) < 4.78 is 13.9. The number of hydrogen-bond donors (Lipinski definition) is 1. The summed E-state index contributed by atoms with van der Waals surface area (Å²) in [5.41, 5.74) is 0.841. The molecule has 0 bridgehead atoms. The van der Waals surface area contributed by atoms with Crippen molar-refractivity contribution < 1.29 is 4.39 Å². The SMILES string of the molecule is CCCNC(c1ccccc1F)C1CCSC1. The van der Waals surface area contributed by atoms with E-state index >= 15 is 0 Å². The Labute approximate surface area is 107 Å². The zero-order chi connectivity index (χ0) is 12.1. The molecule has 1 heterocycles. The minimum atomic E-state index is -0.0713. The highest BCUT2D eigenvalue weighted by molar-refractivity contribution is 7.99. The number of rotatable bonds is 5. The van der Waals surface area contributed by atoms with Crippen LogP contribution in [-0.4, -0.2) is 18.1 Å². The Kier molecular flexibility index (Phi) is 4.86. The summed E-state index contributed by atoms with van der Waals surface area (Å²) in [4.78, 5) is 0. The van der Waals surface area contributed by atoms with Gasteiger partial charge in [-0.25, -0.2) is 4.39 Å². The first-order valence-corrected chi connectivity index (χ1v) is 7.54. The summed E-state index contributed by atoms with van der Waals surface area (Å²) in [5, 5.41) is 3.52. The van der Waals surface area contributed by atoms with Crippen molar-refractivity contribution >= 4 is 11.8 Å². The lowest BCUT2D eigenvalue weighted by molar-refractivity contribution is 0.381. The maximum atomic E-state index is 13.9. The van der Waals surface area contributed by atoms with Gasteiger partial charge in [0.2, 0.25) is 0 Å². The van der Waals surface area contributed by atoms with E-state index in [9.17, 15) is 4.39 Å². The molecule has 1 N–H and O–H groups in total. The van der Waals surface area contributed by atoms with Crippen molar-refractivity contribution in [2.24, 2.45) is 5.92 Å². The molecule has 1 saturated heterocycles. The second kappa shape index (κ2) is 6.41. The normalized spacial score (nSPS) is 21.6. The molecule has 1 aliphatic rings. The van der Waals surface area contributed by atoms with Crippen molar-refractivity contribution in [3.05, 3.63) is 35.6 Å². The highest BCUT2D eigenvalue weighted by Crippen LogP contribution is 2.35. The van der Waals surface area contributed by atoms with Crippen molar-refractivity contribution in [3.63, 3.8) is 0 Å². The molecule has 0 saturated carbocycles. The minimum Gasteiger partial charge on any atom is -0.310 e. The third-order valence-electron chi connectivity index (χ3n) is 3.29. The number of benzene rings is 1. The van der Waals surface area contributed by atoms with Crippen LogP contribution in [0.4, 0.5) is 4.39 Å². The first-order valence-electron chi connectivity index (χ1n) is 6.38. The van der Waals surface area contributed by atoms with Gasteiger partial charge in [0.15, 0.2) is 0 Å². The van der Waals surface area contributed by atoms with Gasteiger partial charge in [0, 0.05) is 11.6 Å². The molecule has 0 radical (unpaired) electrons. The van der Waals surface area contributed by atoms with Crippen LogP contribution in [0.25, 0.3) is 0 Å². The Balaban J connectivity index is 2.16. The molecular weight excluding hydrogens is 233 g/mol. The average Bonchev–Trinajstić information content (AvgIpc) is 2.85. The summed E-state index contributed by atoms with van der Waals surface area (Å²) in [6.45, 7) is 3.11. The number of nitrogens with one attached hydrogen (secondary N) is 1. The standard InChI is InChI=1S/C14H20FNS/c1-2-8-16-14(11-7-9-17-10-11)12-5-3-4-6-13(12)15/h3-6,11,14,16H,2,7-10H2,1H3. The van der Waals surface area contributed by atoms with E-state index in [1.165, 1.54) is 12.2 Å². The molecule has 2 atom stereocenters. The van der Waals surface area contributed by atoms with E-state index in [4.69, 9.17) is 0 Å². The number of hydrogen-bond acceptors (Lipinski definition) is 2. The van der Waals surface area contributed by atoms with Crippen LogP contribution < -0.4 is 5.32 Å². The molecule has 1 aromatic carbocycles. The van der Waals surface area contributed by atoms with Crippen molar-refractivity contribution in [3.8, 4) is 0 Å². The van der Waals surface area contributed by atoms with E-state index in [2.05, 4.69) is 12.2 Å². The van der Waals surface area contributed by atoms with Gasteiger partial charge in [-0.15, -0.1) is 0 Å². The summed E-state index contributed by atoms with van der Waals surface area (Å²) in [6, 6.07) is 7.37.